The highest BCUT2D eigenvalue weighted by Gasteiger charge is 2.60. The van der Waals surface area contributed by atoms with Gasteiger partial charge < -0.3 is 11.1 Å². The first-order chi connectivity index (χ1) is 17.8. The van der Waals surface area contributed by atoms with Gasteiger partial charge in [0.2, 0.25) is 0 Å². The molecule has 0 aromatic heterocycles. The minimum Gasteiger partial charge on any atom is -0.330 e. The Morgan fingerprint density at radius 2 is 1.50 bits per heavy atom. The molecule has 0 bridgehead atoms. The summed E-state index contributed by atoms with van der Waals surface area (Å²) in [4.78, 5) is 0. The van der Waals surface area contributed by atoms with E-state index in [1.807, 2.05) is 0 Å². The molecule has 4 aliphatic carbocycles. The number of nitrogens with two attached hydrogens (primary N) is 1. The average Bonchev–Trinajstić information content (AvgIpc) is 3.23. The van der Waals surface area contributed by atoms with Crippen molar-refractivity contribution >= 4 is 0 Å². The molecule has 38 heavy (non-hydrogen) atoms. The van der Waals surface area contributed by atoms with Crippen molar-refractivity contribution in [2.45, 2.75) is 158 Å². The van der Waals surface area contributed by atoms with Crippen LogP contribution in [0.4, 0.5) is 0 Å². The lowest BCUT2D eigenvalue weighted by Crippen LogP contribution is -2.53. The molecule has 0 spiro atoms. The molecule has 0 heterocycles. The maximum Gasteiger partial charge on any atom is -0.00369 e. The monoisotopic (exact) mass is 533 g/mol. The molecule has 0 aromatic carbocycles. The summed E-state index contributed by atoms with van der Waals surface area (Å²) < 4.78 is 0. The number of hydrogen-bond donors (Lipinski definition) is 2. The van der Waals surface area contributed by atoms with Crippen LogP contribution in [0.25, 0.3) is 0 Å². The van der Waals surface area contributed by atoms with E-state index in [-0.39, 0.29) is 7.43 Å². The van der Waals surface area contributed by atoms with Gasteiger partial charge in [-0.15, -0.1) is 0 Å². The second-order valence-electron chi connectivity index (χ2n) is 15.0. The molecule has 8 unspecified atom stereocenters. The highest BCUT2D eigenvalue weighted by atomic mass is 14.8. The Hall–Kier alpha value is -0.0800. The number of nitrogens with one attached hydrogen (secondary N) is 1. The lowest BCUT2D eigenvalue weighted by Gasteiger charge is -2.61. The zero-order chi connectivity index (χ0) is 26.9. The molecule has 0 amide bonds. The SMILES string of the molecule is C.CC(C)CCCC(C)C1CCC2C3CCC4CCCCC4(C)C3CCC12C.CCCCCNCCCN. The van der Waals surface area contributed by atoms with Gasteiger partial charge in [-0.25, -0.2) is 0 Å². The third kappa shape index (κ3) is 8.24. The van der Waals surface area contributed by atoms with E-state index in [2.05, 4.69) is 46.9 Å². The Morgan fingerprint density at radius 1 is 0.763 bits per heavy atom. The van der Waals surface area contributed by atoms with Crippen LogP contribution in [0.15, 0.2) is 0 Å². The van der Waals surface area contributed by atoms with Crippen molar-refractivity contribution in [2.75, 3.05) is 19.6 Å². The minimum atomic E-state index is 0. The van der Waals surface area contributed by atoms with Crippen LogP contribution in [0.5, 0.6) is 0 Å². The standard InChI is InChI=1S/C27H48.C8H20N2.CH4/c1-19(2)9-8-10-20(3)23-14-15-24-22-13-12-21-11-6-7-17-26(21,4)25(22)16-18-27(23,24)5;1-2-3-4-7-10-8-5-6-9;/h19-25H,6-18H2,1-5H3;10H,2-9H2,1H3;1H4. The van der Waals surface area contributed by atoms with E-state index in [0.717, 1.165) is 67.5 Å². The number of fused-ring (bicyclic) bond motifs is 5. The molecule has 0 radical (unpaired) electrons. The van der Waals surface area contributed by atoms with E-state index in [1.165, 1.54) is 51.4 Å². The quantitative estimate of drug-likeness (QED) is 0.245. The Labute approximate surface area is 240 Å². The second-order valence-corrected chi connectivity index (χ2v) is 15.0. The van der Waals surface area contributed by atoms with Crippen molar-refractivity contribution in [2.24, 2.45) is 58.0 Å². The molecule has 0 aliphatic heterocycles. The predicted octanol–water partition coefficient (Wildman–Crippen LogP) is 10.2. The second kappa shape index (κ2) is 16.4. The van der Waals surface area contributed by atoms with Crippen LogP contribution in [0.3, 0.4) is 0 Å². The fourth-order valence-electron chi connectivity index (χ4n) is 10.2. The molecule has 4 aliphatic rings. The molecular weight excluding hydrogens is 460 g/mol. The summed E-state index contributed by atoms with van der Waals surface area (Å²) in [7, 11) is 0. The van der Waals surface area contributed by atoms with E-state index < -0.39 is 0 Å². The normalized spacial score (nSPS) is 36.8. The van der Waals surface area contributed by atoms with Gasteiger partial charge in [-0.05, 0) is 136 Å². The van der Waals surface area contributed by atoms with Crippen molar-refractivity contribution in [3.8, 4) is 0 Å². The van der Waals surface area contributed by atoms with Gasteiger partial charge in [-0.3, -0.25) is 0 Å². The fourth-order valence-corrected chi connectivity index (χ4v) is 10.2. The van der Waals surface area contributed by atoms with Gasteiger partial charge in [-0.2, -0.15) is 0 Å². The zero-order valence-electron chi connectivity index (χ0n) is 26.3. The van der Waals surface area contributed by atoms with Crippen LogP contribution in [0.2, 0.25) is 0 Å². The van der Waals surface area contributed by atoms with Gasteiger partial charge in [0.25, 0.3) is 0 Å². The maximum atomic E-state index is 5.33. The summed E-state index contributed by atoms with van der Waals surface area (Å²) in [6.07, 6.45) is 25.0. The van der Waals surface area contributed by atoms with E-state index in [1.54, 1.807) is 51.4 Å². The van der Waals surface area contributed by atoms with Gasteiger partial charge in [-0.1, -0.05) is 93.9 Å². The third-order valence-corrected chi connectivity index (χ3v) is 12.3. The van der Waals surface area contributed by atoms with Crippen LogP contribution in [0, 0.1) is 52.3 Å². The largest absolute Gasteiger partial charge is 0.330 e. The molecule has 4 rings (SSSR count). The summed E-state index contributed by atoms with van der Waals surface area (Å²) >= 11 is 0. The first-order valence-corrected chi connectivity index (χ1v) is 17.2. The third-order valence-electron chi connectivity index (χ3n) is 12.3. The lowest BCUT2D eigenvalue weighted by molar-refractivity contribution is -0.114. The molecule has 2 heteroatoms. The molecule has 3 N–H and O–H groups in total. The van der Waals surface area contributed by atoms with Crippen LogP contribution < -0.4 is 11.1 Å². The van der Waals surface area contributed by atoms with Crippen LogP contribution in [-0.2, 0) is 0 Å². The van der Waals surface area contributed by atoms with Gasteiger partial charge in [0.15, 0.2) is 0 Å². The van der Waals surface area contributed by atoms with E-state index in [0.29, 0.717) is 10.8 Å². The Morgan fingerprint density at radius 3 is 2.21 bits per heavy atom. The molecule has 226 valence electrons. The van der Waals surface area contributed by atoms with E-state index in [4.69, 9.17) is 5.73 Å². The van der Waals surface area contributed by atoms with Gasteiger partial charge in [0.05, 0.1) is 0 Å². The first-order valence-electron chi connectivity index (χ1n) is 17.2. The molecule has 4 fully saturated rings. The summed E-state index contributed by atoms with van der Waals surface area (Å²) in [5.41, 5.74) is 6.72. The smallest absolute Gasteiger partial charge is 0.00369 e. The molecular formula is C36H72N2. The van der Waals surface area contributed by atoms with Crippen LogP contribution in [-0.4, -0.2) is 19.6 Å². The molecule has 4 saturated carbocycles. The summed E-state index contributed by atoms with van der Waals surface area (Å²) in [6.45, 7) is 18.2. The Bertz CT molecular complexity index is 623. The Balaban J connectivity index is 0.000000396. The van der Waals surface area contributed by atoms with Crippen molar-refractivity contribution in [3.63, 3.8) is 0 Å². The van der Waals surface area contributed by atoms with E-state index in [9.17, 15) is 0 Å². The molecule has 0 saturated heterocycles. The van der Waals surface area contributed by atoms with Gasteiger partial charge in [0.1, 0.15) is 0 Å². The average molecular weight is 533 g/mol. The summed E-state index contributed by atoms with van der Waals surface area (Å²) in [5.74, 6) is 7.15. The highest BCUT2D eigenvalue weighted by Crippen LogP contribution is 2.68. The lowest BCUT2D eigenvalue weighted by atomic mass is 9.44. The van der Waals surface area contributed by atoms with Crippen LogP contribution in [0.1, 0.15) is 158 Å². The molecule has 8 atom stereocenters. The minimum absolute atomic E-state index is 0. The maximum absolute atomic E-state index is 5.33. The zero-order valence-corrected chi connectivity index (χ0v) is 26.3. The van der Waals surface area contributed by atoms with Crippen molar-refractivity contribution in [1.29, 1.82) is 0 Å². The predicted molar refractivity (Wildman–Crippen MR) is 170 cm³/mol. The summed E-state index contributed by atoms with van der Waals surface area (Å²) in [6, 6.07) is 0. The van der Waals surface area contributed by atoms with Gasteiger partial charge in [0, 0.05) is 0 Å². The van der Waals surface area contributed by atoms with Crippen LogP contribution >= 0.6 is 0 Å². The van der Waals surface area contributed by atoms with Gasteiger partial charge >= 0.3 is 0 Å². The fraction of sp³-hybridized carbons (Fsp3) is 1.00. The van der Waals surface area contributed by atoms with Crippen molar-refractivity contribution in [1.82, 2.24) is 5.32 Å². The van der Waals surface area contributed by atoms with Crippen molar-refractivity contribution in [3.05, 3.63) is 0 Å². The summed E-state index contributed by atoms with van der Waals surface area (Å²) in [5, 5.41) is 3.34. The Kier molecular flexibility index (Phi) is 14.7. The van der Waals surface area contributed by atoms with E-state index >= 15 is 0 Å². The highest BCUT2D eigenvalue weighted by molar-refractivity contribution is 5.09. The molecule has 2 nitrogen and oxygen atoms in total. The number of unbranched alkanes of at least 4 members (excludes halogenated alkanes) is 2. The number of rotatable bonds is 12. The number of hydrogen-bond acceptors (Lipinski definition) is 2. The first kappa shape index (κ1) is 34.1. The van der Waals surface area contributed by atoms with Crippen molar-refractivity contribution < 1.29 is 0 Å². The topological polar surface area (TPSA) is 38.0 Å². The molecule has 0 aromatic rings.